The van der Waals surface area contributed by atoms with E-state index < -0.39 is 5.91 Å². The van der Waals surface area contributed by atoms with Gasteiger partial charge in [0, 0.05) is 12.7 Å². The molecule has 0 radical (unpaired) electrons. The monoisotopic (exact) mass is 253 g/mol. The van der Waals surface area contributed by atoms with Crippen molar-refractivity contribution in [1.82, 2.24) is 9.78 Å². The van der Waals surface area contributed by atoms with Crippen molar-refractivity contribution in [2.45, 2.75) is 26.3 Å². The molecule has 0 saturated carbocycles. The molecule has 2 amide bonds. The first kappa shape index (κ1) is 14.2. The largest absolute Gasteiger partial charge is 0.368 e. The third-order valence-corrected chi connectivity index (χ3v) is 2.51. The Labute approximate surface area is 106 Å². The van der Waals surface area contributed by atoms with Crippen LogP contribution in [0, 0.1) is 5.92 Å². The smallest absolute Gasteiger partial charge is 0.239 e. The summed E-state index contributed by atoms with van der Waals surface area (Å²) in [5, 5.41) is 6.63. The molecule has 0 aliphatic rings. The molecular weight excluding hydrogens is 234 g/mol. The molecule has 1 atom stereocenters. The predicted octanol–water partition coefficient (Wildman–Crippen LogP) is -0.318. The number of aromatic nitrogens is 2. The van der Waals surface area contributed by atoms with Crippen molar-refractivity contribution >= 4 is 17.5 Å². The summed E-state index contributed by atoms with van der Waals surface area (Å²) in [5.74, 6) is -0.811. The van der Waals surface area contributed by atoms with E-state index in [4.69, 9.17) is 11.5 Å². The van der Waals surface area contributed by atoms with E-state index in [1.54, 1.807) is 6.20 Å². The second-order valence-electron chi connectivity index (χ2n) is 4.10. The second-order valence-corrected chi connectivity index (χ2v) is 4.10. The average molecular weight is 253 g/mol. The molecule has 7 nitrogen and oxygen atoms in total. The Bertz CT molecular complexity index is 415. The molecule has 5 N–H and O–H groups in total. The Morgan fingerprint density at radius 1 is 1.56 bits per heavy atom. The molecule has 1 unspecified atom stereocenters. The van der Waals surface area contributed by atoms with Crippen LogP contribution in [-0.4, -0.2) is 28.1 Å². The second kappa shape index (κ2) is 6.75. The molecule has 1 rings (SSSR count). The fourth-order valence-electron chi connectivity index (χ4n) is 1.62. The molecule has 100 valence electrons. The van der Waals surface area contributed by atoms with Crippen LogP contribution in [0.4, 0.5) is 5.69 Å². The summed E-state index contributed by atoms with van der Waals surface area (Å²) in [6.07, 6.45) is 4.68. The Hall–Kier alpha value is -1.89. The third-order valence-electron chi connectivity index (χ3n) is 2.51. The van der Waals surface area contributed by atoms with Crippen molar-refractivity contribution in [3.05, 3.63) is 12.4 Å². The minimum atomic E-state index is -0.484. The highest BCUT2D eigenvalue weighted by molar-refractivity contribution is 5.92. The fraction of sp³-hybridized carbons (Fsp3) is 0.545. The van der Waals surface area contributed by atoms with E-state index in [2.05, 4.69) is 10.4 Å². The van der Waals surface area contributed by atoms with Crippen LogP contribution in [0.3, 0.4) is 0 Å². The summed E-state index contributed by atoms with van der Waals surface area (Å²) in [6, 6.07) is 0. The van der Waals surface area contributed by atoms with Gasteiger partial charge in [0.1, 0.15) is 6.54 Å². The standard InChI is InChI=1S/C11H19N5O2/c1-2-3-8(4-12)11(18)15-9-5-14-16(6-9)7-10(13)17/h5-6,8H,2-4,7,12H2,1H3,(H2,13,17)(H,15,18). The molecule has 1 aromatic heterocycles. The molecule has 0 aliphatic heterocycles. The van der Waals surface area contributed by atoms with Crippen LogP contribution < -0.4 is 16.8 Å². The zero-order valence-corrected chi connectivity index (χ0v) is 10.4. The summed E-state index contributed by atoms with van der Waals surface area (Å²) < 4.78 is 1.37. The van der Waals surface area contributed by atoms with Gasteiger partial charge >= 0.3 is 0 Å². The summed E-state index contributed by atoms with van der Waals surface area (Å²) in [7, 11) is 0. The topological polar surface area (TPSA) is 116 Å². The highest BCUT2D eigenvalue weighted by atomic mass is 16.2. The maximum absolute atomic E-state index is 11.8. The fourth-order valence-corrected chi connectivity index (χ4v) is 1.62. The molecule has 0 spiro atoms. The molecule has 0 saturated heterocycles. The molecule has 0 fully saturated rings. The quantitative estimate of drug-likeness (QED) is 0.617. The molecule has 0 aromatic carbocycles. The van der Waals surface area contributed by atoms with Gasteiger partial charge in [0.05, 0.1) is 17.8 Å². The van der Waals surface area contributed by atoms with Gasteiger partial charge in [0.25, 0.3) is 0 Å². The van der Waals surface area contributed by atoms with Gasteiger partial charge in [-0.3, -0.25) is 14.3 Å². The number of carbonyl (C=O) groups excluding carboxylic acids is 2. The number of nitrogens with one attached hydrogen (secondary N) is 1. The maximum atomic E-state index is 11.8. The summed E-state index contributed by atoms with van der Waals surface area (Å²) in [6.45, 7) is 2.31. The highest BCUT2D eigenvalue weighted by Gasteiger charge is 2.16. The molecule has 7 heteroatoms. The van der Waals surface area contributed by atoms with E-state index in [0.717, 1.165) is 12.8 Å². The van der Waals surface area contributed by atoms with Crippen molar-refractivity contribution in [1.29, 1.82) is 0 Å². The van der Waals surface area contributed by atoms with Gasteiger partial charge in [0.2, 0.25) is 11.8 Å². The maximum Gasteiger partial charge on any atom is 0.239 e. The Balaban J connectivity index is 2.58. The van der Waals surface area contributed by atoms with Crippen LogP contribution >= 0.6 is 0 Å². The number of anilines is 1. The lowest BCUT2D eigenvalue weighted by molar-refractivity contribution is -0.120. The van der Waals surface area contributed by atoms with Gasteiger partial charge in [0.15, 0.2) is 0 Å². The number of nitrogens with zero attached hydrogens (tertiary/aromatic N) is 2. The van der Waals surface area contributed by atoms with Gasteiger partial charge in [-0.05, 0) is 6.42 Å². The SMILES string of the molecule is CCCC(CN)C(=O)Nc1cnn(CC(N)=O)c1. The number of nitrogens with two attached hydrogens (primary N) is 2. The minimum absolute atomic E-state index is 0.00878. The summed E-state index contributed by atoms with van der Waals surface area (Å²) in [5.41, 5.74) is 11.1. The lowest BCUT2D eigenvalue weighted by atomic mass is 10.0. The summed E-state index contributed by atoms with van der Waals surface area (Å²) >= 11 is 0. The number of amides is 2. The Kier molecular flexibility index (Phi) is 5.31. The van der Waals surface area contributed by atoms with E-state index in [9.17, 15) is 9.59 Å². The molecule has 1 heterocycles. The molecule has 0 aliphatic carbocycles. The number of rotatable bonds is 7. The average Bonchev–Trinajstić information content (AvgIpc) is 2.72. The molecular formula is C11H19N5O2. The van der Waals surface area contributed by atoms with Crippen LogP contribution in [0.15, 0.2) is 12.4 Å². The van der Waals surface area contributed by atoms with Crippen molar-refractivity contribution in [3.8, 4) is 0 Å². The van der Waals surface area contributed by atoms with Gasteiger partial charge in [-0.15, -0.1) is 0 Å². The number of hydrogen-bond donors (Lipinski definition) is 3. The molecule has 18 heavy (non-hydrogen) atoms. The molecule has 1 aromatic rings. The van der Waals surface area contributed by atoms with Gasteiger partial charge in [-0.1, -0.05) is 13.3 Å². The zero-order valence-electron chi connectivity index (χ0n) is 10.4. The van der Waals surface area contributed by atoms with E-state index >= 15 is 0 Å². The Morgan fingerprint density at radius 2 is 2.28 bits per heavy atom. The lowest BCUT2D eigenvalue weighted by Gasteiger charge is -2.12. The zero-order chi connectivity index (χ0) is 13.5. The van der Waals surface area contributed by atoms with Crippen LogP contribution in [0.1, 0.15) is 19.8 Å². The van der Waals surface area contributed by atoms with Crippen molar-refractivity contribution in [3.63, 3.8) is 0 Å². The Morgan fingerprint density at radius 3 is 2.83 bits per heavy atom. The number of carbonyl (C=O) groups is 2. The van der Waals surface area contributed by atoms with Crippen LogP contribution in [0.25, 0.3) is 0 Å². The lowest BCUT2D eigenvalue weighted by Crippen LogP contribution is -2.29. The van der Waals surface area contributed by atoms with Crippen LogP contribution in [0.2, 0.25) is 0 Å². The van der Waals surface area contributed by atoms with Crippen molar-refractivity contribution in [2.75, 3.05) is 11.9 Å². The van der Waals surface area contributed by atoms with Gasteiger partial charge in [-0.2, -0.15) is 5.10 Å². The van der Waals surface area contributed by atoms with Gasteiger partial charge < -0.3 is 16.8 Å². The van der Waals surface area contributed by atoms with Crippen LogP contribution in [0.5, 0.6) is 0 Å². The van der Waals surface area contributed by atoms with Crippen molar-refractivity contribution < 1.29 is 9.59 Å². The molecule has 0 bridgehead atoms. The minimum Gasteiger partial charge on any atom is -0.368 e. The first-order valence-corrected chi connectivity index (χ1v) is 5.88. The third kappa shape index (κ3) is 4.17. The van der Waals surface area contributed by atoms with E-state index in [1.165, 1.54) is 10.9 Å². The highest BCUT2D eigenvalue weighted by Crippen LogP contribution is 2.10. The van der Waals surface area contributed by atoms with E-state index in [0.29, 0.717) is 12.2 Å². The van der Waals surface area contributed by atoms with Crippen molar-refractivity contribution in [2.24, 2.45) is 17.4 Å². The first-order chi connectivity index (χ1) is 8.56. The van der Waals surface area contributed by atoms with E-state index in [-0.39, 0.29) is 18.4 Å². The van der Waals surface area contributed by atoms with Gasteiger partial charge in [-0.25, -0.2) is 0 Å². The first-order valence-electron chi connectivity index (χ1n) is 5.88. The number of primary amides is 1. The van der Waals surface area contributed by atoms with E-state index in [1.807, 2.05) is 6.92 Å². The summed E-state index contributed by atoms with van der Waals surface area (Å²) in [4.78, 5) is 22.5. The normalized spacial score (nSPS) is 12.1. The van der Waals surface area contributed by atoms with Crippen LogP contribution in [-0.2, 0) is 16.1 Å². The predicted molar refractivity (Wildman–Crippen MR) is 67.5 cm³/mol. The number of hydrogen-bond acceptors (Lipinski definition) is 4.